The van der Waals surface area contributed by atoms with Gasteiger partial charge < -0.3 is 43.1 Å². The molecule has 0 bridgehead atoms. The van der Waals surface area contributed by atoms with Crippen molar-refractivity contribution in [3.05, 3.63) is 552 Å². The molecule has 0 saturated heterocycles. The Morgan fingerprint density at radius 1 is 0.163 bits per heavy atom. The number of hydrogen-bond donors (Lipinski definition) is 0. The molecule has 2 unspecified atom stereocenters. The molecule has 2 aliphatic carbocycles. The highest BCUT2D eigenvalue weighted by Crippen LogP contribution is 2.59. The summed E-state index contributed by atoms with van der Waals surface area (Å²) in [6.07, 6.45) is 20.0. The number of hydrogen-bond acceptors (Lipinski definition) is 6. The third-order valence-corrected chi connectivity index (χ3v) is 30.1. The fourth-order valence-corrected chi connectivity index (χ4v) is 24.1. The molecule has 0 aliphatic heterocycles. The molecule has 0 amide bonds. The molecule has 0 radical (unpaired) electrons. The summed E-state index contributed by atoms with van der Waals surface area (Å²) in [5, 5.41) is 20.0. The lowest BCUT2D eigenvalue weighted by atomic mass is 9.92. The Morgan fingerprint density at radius 2 is 0.354 bits per heavy atom. The smallest absolute Gasteiger partial charge is 0.0663 e. The third-order valence-electron chi connectivity index (χ3n) is 30.1. The van der Waals surface area contributed by atoms with Gasteiger partial charge in [0.25, 0.3) is 0 Å². The van der Waals surface area contributed by atoms with Crippen molar-refractivity contribution in [1.82, 2.24) is 13.7 Å². The molecule has 3 heterocycles. The van der Waals surface area contributed by atoms with Crippen molar-refractivity contribution in [3.8, 4) is 17.1 Å². The molecule has 9 heteroatoms. The molecule has 28 rings (SSSR count). The van der Waals surface area contributed by atoms with E-state index in [0.717, 1.165) is 246 Å². The van der Waals surface area contributed by atoms with Gasteiger partial charge in [0.05, 0.1) is 79.3 Å². The molecule has 23 aromatic carbocycles. The number of rotatable bonds is 21. The fourth-order valence-electron chi connectivity index (χ4n) is 24.1. The summed E-state index contributed by atoms with van der Waals surface area (Å²) in [5.41, 5.74) is 26.5. The minimum atomic E-state index is -0.0461. The van der Waals surface area contributed by atoms with Crippen molar-refractivity contribution < 1.29 is 0 Å². The highest BCUT2D eigenvalue weighted by Gasteiger charge is 2.37. The minimum Gasteiger partial charge on any atom is -0.333 e. The van der Waals surface area contributed by atoms with Gasteiger partial charge in [-0.25, -0.2) is 0 Å². The van der Waals surface area contributed by atoms with Gasteiger partial charge in [0.1, 0.15) is 0 Å². The Hall–Kier alpha value is -19.2. The lowest BCUT2D eigenvalue weighted by Gasteiger charge is -2.38. The molecule has 0 N–H and O–H groups in total. The molecule has 26 aromatic rings. The van der Waals surface area contributed by atoms with E-state index >= 15 is 0 Å². The van der Waals surface area contributed by atoms with E-state index in [9.17, 15) is 0 Å². The van der Waals surface area contributed by atoms with Gasteiger partial charge >= 0.3 is 0 Å². The second-order valence-corrected chi connectivity index (χ2v) is 38.3. The van der Waals surface area contributed by atoms with Gasteiger partial charge in [-0.05, 0) is 189 Å². The van der Waals surface area contributed by atoms with Gasteiger partial charge in [-0.2, -0.15) is 0 Å². The first-order chi connectivity index (χ1) is 73.1. The van der Waals surface area contributed by atoms with Crippen molar-refractivity contribution in [2.24, 2.45) is 0 Å². The SMILES string of the molecule is C1=CCC(N(c2ccccc2)c2c3ccccc3c(N(c3ccccc3)C3C=CC=CC3)c3cc(-n4c5ccccc5c5c6c(c7ccccc7n6-c6ccc7c(N(c8ccccc8)c8ccccc8)c8ccccc8c(N(c8ccccc8)c8ccccc8)c7c6)c6c(c7ccccc7n6-c6ccc7c(N(c8ccccc8)c8ccccc8)c8ccccc8c(N(c8ccccc8)c8ccccc8)c7c6)c54)ccc23)C=C1. The highest BCUT2D eigenvalue weighted by atomic mass is 15.2. The summed E-state index contributed by atoms with van der Waals surface area (Å²) in [6, 6.07) is 188. The molecular formula is C138H97N9. The lowest BCUT2D eigenvalue weighted by Crippen LogP contribution is -2.32. The van der Waals surface area contributed by atoms with Crippen LogP contribution in [0.5, 0.6) is 0 Å². The molecule has 2 atom stereocenters. The average molecular weight is 1880 g/mol. The molecule has 147 heavy (non-hydrogen) atoms. The van der Waals surface area contributed by atoms with Crippen LogP contribution in [0, 0.1) is 0 Å². The Kier molecular flexibility index (Phi) is 21.0. The van der Waals surface area contributed by atoms with E-state index in [-0.39, 0.29) is 12.1 Å². The molecular weight excluding hydrogens is 1780 g/mol. The van der Waals surface area contributed by atoms with Crippen molar-refractivity contribution in [2.45, 2.75) is 24.9 Å². The van der Waals surface area contributed by atoms with Crippen LogP contribution in [0.3, 0.4) is 0 Å². The van der Waals surface area contributed by atoms with Crippen LogP contribution in [-0.2, 0) is 0 Å². The first kappa shape index (κ1) is 85.7. The maximum Gasteiger partial charge on any atom is 0.0663 e. The van der Waals surface area contributed by atoms with Crippen LogP contribution in [0.2, 0.25) is 0 Å². The van der Waals surface area contributed by atoms with Crippen LogP contribution >= 0.6 is 0 Å². The van der Waals surface area contributed by atoms with Crippen LogP contribution < -0.4 is 29.4 Å². The van der Waals surface area contributed by atoms with Gasteiger partial charge in [0.15, 0.2) is 0 Å². The van der Waals surface area contributed by atoms with E-state index in [2.05, 4.69) is 595 Å². The number of benzene rings is 23. The topological polar surface area (TPSA) is 34.2 Å². The average Bonchev–Trinajstić information content (AvgIpc) is 1.50. The van der Waals surface area contributed by atoms with E-state index in [1.54, 1.807) is 0 Å². The molecule has 0 spiro atoms. The second-order valence-electron chi connectivity index (χ2n) is 38.3. The Labute approximate surface area is 852 Å². The Morgan fingerprint density at radius 3 is 0.599 bits per heavy atom. The lowest BCUT2D eigenvalue weighted by molar-refractivity contribution is 0.786. The predicted octanol–water partition coefficient (Wildman–Crippen LogP) is 37.8. The Balaban J connectivity index is 0.822. The normalized spacial score (nSPS) is 13.6. The van der Waals surface area contributed by atoms with Crippen LogP contribution in [0.4, 0.5) is 91.0 Å². The Bertz CT molecular complexity index is 9250. The van der Waals surface area contributed by atoms with Crippen LogP contribution in [-0.4, -0.2) is 25.8 Å². The third kappa shape index (κ3) is 14.1. The highest BCUT2D eigenvalue weighted by molar-refractivity contribution is 6.41. The van der Waals surface area contributed by atoms with E-state index in [4.69, 9.17) is 0 Å². The largest absolute Gasteiger partial charge is 0.333 e. The van der Waals surface area contributed by atoms with Crippen molar-refractivity contribution in [1.29, 1.82) is 0 Å². The fraction of sp³-hybridized carbons (Fsp3) is 0.0290. The predicted molar refractivity (Wildman–Crippen MR) is 624 cm³/mol. The first-order valence-corrected chi connectivity index (χ1v) is 50.9. The quantitative estimate of drug-likeness (QED) is 0.0527. The molecule has 2 aliphatic rings. The molecule has 0 fully saturated rings. The second kappa shape index (κ2) is 36.1. The number of aromatic nitrogens is 3. The number of nitrogens with zero attached hydrogens (tertiary/aromatic N) is 9. The van der Waals surface area contributed by atoms with Crippen molar-refractivity contribution in [3.63, 3.8) is 0 Å². The maximum atomic E-state index is 2.68. The zero-order chi connectivity index (χ0) is 96.9. The van der Waals surface area contributed by atoms with E-state index in [1.807, 2.05) is 0 Å². The zero-order valence-electron chi connectivity index (χ0n) is 80.6. The van der Waals surface area contributed by atoms with Crippen LogP contribution in [0.25, 0.3) is 147 Å². The number of anilines is 16. The monoisotopic (exact) mass is 1880 g/mol. The molecule has 0 saturated carbocycles. The maximum absolute atomic E-state index is 2.68. The van der Waals surface area contributed by atoms with E-state index in [1.165, 1.54) is 5.39 Å². The number of fused-ring (bicyclic) bond motifs is 18. The van der Waals surface area contributed by atoms with Gasteiger partial charge in [-0.15, -0.1) is 0 Å². The summed E-state index contributed by atoms with van der Waals surface area (Å²) in [4.78, 5) is 15.2. The van der Waals surface area contributed by atoms with Crippen LogP contribution in [0.15, 0.2) is 552 Å². The minimum absolute atomic E-state index is 0.00989. The van der Waals surface area contributed by atoms with Gasteiger partial charge in [-0.3, -0.25) is 0 Å². The van der Waals surface area contributed by atoms with Gasteiger partial charge in [0.2, 0.25) is 0 Å². The van der Waals surface area contributed by atoms with Gasteiger partial charge in [-0.1, -0.05) is 376 Å². The van der Waals surface area contributed by atoms with Crippen molar-refractivity contribution >= 4 is 221 Å². The van der Waals surface area contributed by atoms with Crippen molar-refractivity contribution in [2.75, 3.05) is 29.4 Å². The summed E-state index contributed by atoms with van der Waals surface area (Å²) in [7, 11) is 0. The summed E-state index contributed by atoms with van der Waals surface area (Å²) in [6.45, 7) is 0. The molecule has 9 nitrogen and oxygen atoms in total. The van der Waals surface area contributed by atoms with E-state index < -0.39 is 0 Å². The zero-order valence-corrected chi connectivity index (χ0v) is 80.6. The van der Waals surface area contributed by atoms with Gasteiger partial charge in [0, 0.05) is 171 Å². The standard InChI is InChI=1S/C138H97N9/c1-13-49-94(50-14-1)139(95-51-15-2-16-52-95)130-109-73-37-40-76-112(109)133(142(100-61-25-7-26-62-100)101-63-27-8-28-64-101)121-91-106(85-88-115(121)130)145-124-82-46-43-79-118(124)127-136(145)128-119-80-44-47-83-125(119)146(107-86-89-116-122(92-107)134(143(102-65-29-9-30-66-102)103-67-31-10-32-68-103)113-77-41-38-74-110(113)131(116)140(96-53-17-3-18-54-96)97-55-19-4-20-56-97)138(128)129-120-81-45-48-84-126(120)147(137(127)129)108-87-90-117-123(93-108)135(144(104-69-33-11-34-70-104)105-71-35-12-36-72-105)114-78-42-39-75-111(114)132(117)141(98-57-21-5-22-58-98)99-59-23-6-24-60-99/h1-59,61-71,73-93,99,105H,60,72H2. The molecule has 3 aromatic heterocycles. The van der Waals surface area contributed by atoms with E-state index in [0.29, 0.717) is 0 Å². The summed E-state index contributed by atoms with van der Waals surface area (Å²) < 4.78 is 8.00. The summed E-state index contributed by atoms with van der Waals surface area (Å²) in [5.74, 6) is 0. The number of allylic oxidation sites excluding steroid dienone is 4. The molecule has 694 valence electrons. The number of para-hydroxylation sites is 13. The van der Waals surface area contributed by atoms with Crippen LogP contribution in [0.1, 0.15) is 12.8 Å². The summed E-state index contributed by atoms with van der Waals surface area (Å²) >= 11 is 0. The first-order valence-electron chi connectivity index (χ1n) is 50.9.